The van der Waals surface area contributed by atoms with Crippen molar-refractivity contribution in [1.82, 2.24) is 14.9 Å². The van der Waals surface area contributed by atoms with Crippen LogP contribution in [-0.2, 0) is 22.6 Å². The number of benzene rings is 1. The molecular weight excluding hydrogens is 432 g/mol. The van der Waals surface area contributed by atoms with Gasteiger partial charge in [-0.2, -0.15) is 4.98 Å². The second-order valence-electron chi connectivity index (χ2n) is 8.20. The van der Waals surface area contributed by atoms with E-state index < -0.39 is 23.9 Å². The van der Waals surface area contributed by atoms with Gasteiger partial charge in [-0.1, -0.05) is 0 Å². The van der Waals surface area contributed by atoms with Gasteiger partial charge in [-0.15, -0.1) is 0 Å². The summed E-state index contributed by atoms with van der Waals surface area (Å²) in [5, 5.41) is 24.8. The van der Waals surface area contributed by atoms with Crippen LogP contribution in [0, 0.1) is 5.92 Å². The van der Waals surface area contributed by atoms with Crippen LogP contribution < -0.4 is 21.9 Å². The predicted octanol–water partition coefficient (Wildman–Crippen LogP) is 0.322. The number of amides is 1. The van der Waals surface area contributed by atoms with Gasteiger partial charge in [0.25, 0.3) is 11.5 Å². The van der Waals surface area contributed by atoms with Crippen molar-refractivity contribution in [3.05, 3.63) is 45.2 Å². The number of aromatic amines is 1. The van der Waals surface area contributed by atoms with Gasteiger partial charge in [-0.25, -0.2) is 4.79 Å². The maximum atomic E-state index is 12.7. The number of rotatable bonds is 8. The Morgan fingerprint density at radius 3 is 2.82 bits per heavy atom. The van der Waals surface area contributed by atoms with E-state index in [0.717, 1.165) is 5.69 Å². The molecule has 3 heterocycles. The Hall–Kier alpha value is -4.09. The minimum absolute atomic E-state index is 0.0673. The fourth-order valence-corrected chi connectivity index (χ4v) is 4.24. The highest BCUT2D eigenvalue weighted by Gasteiger charge is 2.36. The molecule has 174 valence electrons. The second kappa shape index (κ2) is 8.81. The molecule has 4 rings (SSSR count). The number of carboxylic acids is 2. The maximum Gasteiger partial charge on any atom is 0.326 e. The Morgan fingerprint density at radius 2 is 2.09 bits per heavy atom. The zero-order valence-electron chi connectivity index (χ0n) is 17.6. The van der Waals surface area contributed by atoms with Gasteiger partial charge in [0.05, 0.1) is 5.56 Å². The molecule has 0 bridgehead atoms. The lowest BCUT2D eigenvalue weighted by Gasteiger charge is -2.25. The van der Waals surface area contributed by atoms with Crippen molar-refractivity contribution in [3.63, 3.8) is 0 Å². The number of carbonyl (C=O) groups excluding carboxylic acids is 1. The average molecular weight is 456 g/mol. The fourth-order valence-electron chi connectivity index (χ4n) is 4.24. The second-order valence-corrected chi connectivity index (χ2v) is 8.20. The van der Waals surface area contributed by atoms with Crippen LogP contribution in [0.2, 0.25) is 0 Å². The number of nitrogens with zero attached hydrogens (tertiary/aromatic N) is 2. The number of nitrogen functional groups attached to an aromatic ring is 1. The number of aliphatic carboxylic acids is 2. The Labute approximate surface area is 187 Å². The third kappa shape index (κ3) is 4.59. The normalized spacial score (nSPS) is 17.6. The standard InChI is InChI=1S/C21H24N6O6/c22-21-25-17-14(18(30)26-21)5-10(8-24-17)7-23-12-1-2-13-11(6-12)9-27(19(13)31)15(20(32)33)3-4-16(28)29/h1-2,6,10,15,23H,3-5,7-9H2,(H,28,29)(H,32,33)(H4,22,24,25,26,30)/t10?,15-/m1/s1. The Bertz CT molecular complexity index is 1180. The Kier molecular flexibility index (Phi) is 5.90. The van der Waals surface area contributed by atoms with Crippen LogP contribution >= 0.6 is 0 Å². The molecule has 33 heavy (non-hydrogen) atoms. The van der Waals surface area contributed by atoms with E-state index in [1.807, 2.05) is 0 Å². The van der Waals surface area contributed by atoms with Gasteiger partial charge in [0.2, 0.25) is 5.95 Å². The molecule has 0 aliphatic carbocycles. The molecule has 1 amide bonds. The van der Waals surface area contributed by atoms with E-state index in [-0.39, 0.29) is 36.8 Å². The van der Waals surface area contributed by atoms with Crippen molar-refractivity contribution < 1.29 is 24.6 Å². The van der Waals surface area contributed by atoms with Gasteiger partial charge >= 0.3 is 11.9 Å². The van der Waals surface area contributed by atoms with Crippen molar-refractivity contribution in [1.29, 1.82) is 0 Å². The molecule has 2 atom stereocenters. The topological polar surface area (TPSA) is 191 Å². The molecule has 0 fully saturated rings. The molecule has 7 N–H and O–H groups in total. The SMILES string of the molecule is Nc1nc2c(c(=O)[nH]1)CC(CNc1ccc3c(c1)CN([C@H](CCC(=O)O)C(=O)O)C3=O)CN2. The summed E-state index contributed by atoms with van der Waals surface area (Å²) < 4.78 is 0. The number of nitrogens with two attached hydrogens (primary N) is 1. The van der Waals surface area contributed by atoms with Gasteiger partial charge in [0.1, 0.15) is 11.9 Å². The van der Waals surface area contributed by atoms with Gasteiger partial charge in [0.15, 0.2) is 0 Å². The molecule has 12 nitrogen and oxygen atoms in total. The average Bonchev–Trinajstić information content (AvgIpc) is 3.07. The number of anilines is 3. The zero-order valence-corrected chi connectivity index (χ0v) is 17.6. The number of nitrogens with one attached hydrogen (secondary N) is 3. The monoisotopic (exact) mass is 456 g/mol. The van der Waals surface area contributed by atoms with Crippen LogP contribution in [0.3, 0.4) is 0 Å². The molecule has 0 saturated carbocycles. The first-order chi connectivity index (χ1) is 15.7. The van der Waals surface area contributed by atoms with E-state index in [1.165, 1.54) is 4.90 Å². The number of hydrogen-bond acceptors (Lipinski definition) is 8. The first-order valence-corrected chi connectivity index (χ1v) is 10.5. The molecule has 2 aromatic rings. The highest BCUT2D eigenvalue weighted by Crippen LogP contribution is 2.29. The molecule has 12 heteroatoms. The molecule has 0 radical (unpaired) electrons. The first-order valence-electron chi connectivity index (χ1n) is 10.5. The number of aromatic nitrogens is 2. The first kappa shape index (κ1) is 22.1. The number of H-pyrrole nitrogens is 1. The van der Waals surface area contributed by atoms with E-state index in [2.05, 4.69) is 20.6 Å². The molecule has 1 aromatic carbocycles. The highest BCUT2D eigenvalue weighted by atomic mass is 16.4. The summed E-state index contributed by atoms with van der Waals surface area (Å²) in [5.41, 5.74) is 7.71. The lowest BCUT2D eigenvalue weighted by Crippen LogP contribution is -2.41. The van der Waals surface area contributed by atoms with Crippen LogP contribution in [0.4, 0.5) is 17.5 Å². The molecule has 1 unspecified atom stereocenters. The summed E-state index contributed by atoms with van der Waals surface area (Å²) in [4.78, 5) is 55.1. The largest absolute Gasteiger partial charge is 0.481 e. The van der Waals surface area contributed by atoms with E-state index >= 15 is 0 Å². The molecule has 0 spiro atoms. The number of carbonyl (C=O) groups is 3. The zero-order chi connectivity index (χ0) is 23.7. The van der Waals surface area contributed by atoms with Crippen molar-refractivity contribution >= 4 is 35.3 Å². The number of fused-ring (bicyclic) bond motifs is 2. The lowest BCUT2D eigenvalue weighted by molar-refractivity contribution is -0.143. The van der Waals surface area contributed by atoms with Crippen molar-refractivity contribution in [2.45, 2.75) is 31.8 Å². The summed E-state index contributed by atoms with van der Waals surface area (Å²) >= 11 is 0. The lowest BCUT2D eigenvalue weighted by atomic mass is 9.96. The summed E-state index contributed by atoms with van der Waals surface area (Å²) in [5.74, 6) is -2.08. The van der Waals surface area contributed by atoms with E-state index in [9.17, 15) is 24.3 Å². The smallest absolute Gasteiger partial charge is 0.326 e. The summed E-state index contributed by atoms with van der Waals surface area (Å²) in [6, 6.07) is 3.98. The minimum Gasteiger partial charge on any atom is -0.481 e. The van der Waals surface area contributed by atoms with Crippen LogP contribution in [0.1, 0.15) is 34.3 Å². The van der Waals surface area contributed by atoms with Gasteiger partial charge in [-0.05, 0) is 42.5 Å². The predicted molar refractivity (Wildman–Crippen MR) is 118 cm³/mol. The van der Waals surface area contributed by atoms with Gasteiger partial charge in [0, 0.05) is 37.3 Å². The third-order valence-corrected chi connectivity index (χ3v) is 5.91. The summed E-state index contributed by atoms with van der Waals surface area (Å²) in [6.45, 7) is 1.27. The van der Waals surface area contributed by atoms with E-state index in [1.54, 1.807) is 18.2 Å². The van der Waals surface area contributed by atoms with Crippen LogP contribution in [-0.4, -0.2) is 62.1 Å². The van der Waals surface area contributed by atoms with Crippen LogP contribution in [0.15, 0.2) is 23.0 Å². The van der Waals surface area contributed by atoms with E-state index in [4.69, 9.17) is 10.8 Å². The Balaban J connectivity index is 1.41. The molecule has 2 aliphatic rings. The van der Waals surface area contributed by atoms with Crippen molar-refractivity contribution in [3.8, 4) is 0 Å². The van der Waals surface area contributed by atoms with Crippen molar-refractivity contribution in [2.24, 2.45) is 5.92 Å². The van der Waals surface area contributed by atoms with E-state index in [0.29, 0.717) is 42.0 Å². The number of hydrogen-bond donors (Lipinski definition) is 6. The van der Waals surface area contributed by atoms with Crippen LogP contribution in [0.5, 0.6) is 0 Å². The summed E-state index contributed by atoms with van der Waals surface area (Å²) in [7, 11) is 0. The third-order valence-electron chi connectivity index (χ3n) is 5.91. The summed E-state index contributed by atoms with van der Waals surface area (Å²) in [6.07, 6.45) is 0.0255. The minimum atomic E-state index is -1.23. The van der Waals surface area contributed by atoms with Gasteiger partial charge in [-0.3, -0.25) is 19.4 Å². The highest BCUT2D eigenvalue weighted by molar-refractivity contribution is 6.00. The molecule has 1 aromatic heterocycles. The van der Waals surface area contributed by atoms with Crippen LogP contribution in [0.25, 0.3) is 0 Å². The Morgan fingerprint density at radius 1 is 1.30 bits per heavy atom. The maximum absolute atomic E-state index is 12.7. The molecule has 0 saturated heterocycles. The molecular formula is C21H24N6O6. The fraction of sp³-hybridized carbons (Fsp3) is 0.381. The van der Waals surface area contributed by atoms with Gasteiger partial charge < -0.3 is 31.5 Å². The molecule has 2 aliphatic heterocycles. The van der Waals surface area contributed by atoms with Crippen molar-refractivity contribution in [2.75, 3.05) is 29.5 Å². The number of carboxylic acid groups (broad SMARTS) is 2. The quantitative estimate of drug-likeness (QED) is 0.322.